The van der Waals surface area contributed by atoms with Gasteiger partial charge in [-0.25, -0.2) is 4.79 Å². The van der Waals surface area contributed by atoms with Crippen molar-refractivity contribution >= 4 is 5.97 Å². The van der Waals surface area contributed by atoms with Crippen molar-refractivity contribution < 1.29 is 9.90 Å². The Morgan fingerprint density at radius 2 is 1.40 bits per heavy atom. The number of benzene rings is 2. The average Bonchev–Trinajstić information content (AvgIpc) is 2.49. The molecule has 0 radical (unpaired) electrons. The first-order valence-electron chi connectivity index (χ1n) is 6.61. The second-order valence-electron chi connectivity index (χ2n) is 4.73. The van der Waals surface area contributed by atoms with Crippen LogP contribution in [0.25, 0.3) is 0 Å². The van der Waals surface area contributed by atoms with Crippen LogP contribution in [0.2, 0.25) is 0 Å². The third-order valence-corrected chi connectivity index (χ3v) is 3.13. The molecule has 2 atom stereocenters. The van der Waals surface area contributed by atoms with E-state index in [1.165, 1.54) is 5.56 Å². The van der Waals surface area contributed by atoms with Gasteiger partial charge in [0, 0.05) is 6.04 Å². The Hall–Kier alpha value is -2.13. The van der Waals surface area contributed by atoms with Crippen molar-refractivity contribution in [2.75, 3.05) is 0 Å². The lowest BCUT2D eigenvalue weighted by molar-refractivity contribution is 0.0697. The van der Waals surface area contributed by atoms with E-state index >= 15 is 0 Å². The van der Waals surface area contributed by atoms with E-state index in [0.717, 1.165) is 0 Å². The van der Waals surface area contributed by atoms with Gasteiger partial charge in [0.25, 0.3) is 0 Å². The molecule has 0 amide bonds. The SMILES string of the molecule is CC(N)C(C)c1ccccc1.O=C(O)c1ccccc1. The van der Waals surface area contributed by atoms with Crippen LogP contribution < -0.4 is 5.73 Å². The van der Waals surface area contributed by atoms with Crippen molar-refractivity contribution in [2.45, 2.75) is 25.8 Å². The van der Waals surface area contributed by atoms with Crippen LogP contribution in [-0.2, 0) is 0 Å². The molecule has 2 unspecified atom stereocenters. The van der Waals surface area contributed by atoms with Crippen molar-refractivity contribution in [1.29, 1.82) is 0 Å². The summed E-state index contributed by atoms with van der Waals surface area (Å²) in [5.74, 6) is -0.424. The number of carboxylic acids is 1. The Morgan fingerprint density at radius 1 is 0.950 bits per heavy atom. The lowest BCUT2D eigenvalue weighted by atomic mass is 9.95. The largest absolute Gasteiger partial charge is 0.478 e. The first-order valence-corrected chi connectivity index (χ1v) is 6.61. The maximum absolute atomic E-state index is 10.2. The standard InChI is InChI=1S/C10H15N.C7H6O2/c1-8(9(2)11)10-6-4-3-5-7-10;8-7(9)6-4-2-1-3-5-6/h3-9H,11H2,1-2H3;1-5H,(H,8,9). The highest BCUT2D eigenvalue weighted by Gasteiger charge is 2.08. The van der Waals surface area contributed by atoms with Crippen LogP contribution in [0.5, 0.6) is 0 Å². The molecule has 3 nitrogen and oxygen atoms in total. The highest BCUT2D eigenvalue weighted by molar-refractivity contribution is 5.87. The Labute approximate surface area is 120 Å². The van der Waals surface area contributed by atoms with Crippen molar-refractivity contribution in [1.82, 2.24) is 0 Å². The summed E-state index contributed by atoms with van der Waals surface area (Å²) in [5, 5.41) is 8.38. The van der Waals surface area contributed by atoms with E-state index in [4.69, 9.17) is 10.8 Å². The number of nitrogens with two attached hydrogens (primary N) is 1. The second-order valence-corrected chi connectivity index (χ2v) is 4.73. The molecule has 0 saturated carbocycles. The van der Waals surface area contributed by atoms with Gasteiger partial charge in [0.1, 0.15) is 0 Å². The van der Waals surface area contributed by atoms with Crippen molar-refractivity contribution in [3.8, 4) is 0 Å². The van der Waals surface area contributed by atoms with E-state index in [2.05, 4.69) is 19.1 Å². The molecule has 2 rings (SSSR count). The molecule has 106 valence electrons. The molecular weight excluding hydrogens is 250 g/mol. The number of rotatable bonds is 3. The Balaban J connectivity index is 0.000000204. The summed E-state index contributed by atoms with van der Waals surface area (Å²) in [4.78, 5) is 10.2. The maximum atomic E-state index is 10.2. The third kappa shape index (κ3) is 5.24. The lowest BCUT2D eigenvalue weighted by Gasteiger charge is -2.15. The van der Waals surface area contributed by atoms with Crippen molar-refractivity contribution in [3.05, 3.63) is 71.8 Å². The predicted molar refractivity (Wildman–Crippen MR) is 81.9 cm³/mol. The molecule has 3 N–H and O–H groups in total. The van der Waals surface area contributed by atoms with Crippen molar-refractivity contribution in [2.24, 2.45) is 5.73 Å². The van der Waals surface area contributed by atoms with Crippen LogP contribution >= 0.6 is 0 Å². The van der Waals surface area contributed by atoms with E-state index in [9.17, 15) is 4.79 Å². The summed E-state index contributed by atoms with van der Waals surface area (Å²) in [6.45, 7) is 4.19. The first-order chi connectivity index (χ1) is 9.52. The Bertz CT molecular complexity index is 509. The summed E-state index contributed by atoms with van der Waals surface area (Å²) in [7, 11) is 0. The van der Waals surface area contributed by atoms with Gasteiger partial charge < -0.3 is 10.8 Å². The molecular formula is C17H21NO2. The van der Waals surface area contributed by atoms with Gasteiger partial charge in [0.15, 0.2) is 0 Å². The molecule has 0 spiro atoms. The molecule has 0 fully saturated rings. The molecule has 0 bridgehead atoms. The van der Waals surface area contributed by atoms with Gasteiger partial charge in [0.2, 0.25) is 0 Å². The van der Waals surface area contributed by atoms with Crippen LogP contribution in [0.1, 0.15) is 35.7 Å². The number of hydrogen-bond donors (Lipinski definition) is 2. The first kappa shape index (κ1) is 15.9. The third-order valence-electron chi connectivity index (χ3n) is 3.13. The molecule has 2 aromatic carbocycles. The molecule has 0 saturated heterocycles. The maximum Gasteiger partial charge on any atom is 0.335 e. The zero-order valence-electron chi connectivity index (χ0n) is 11.9. The summed E-state index contributed by atoms with van der Waals surface area (Å²) in [6.07, 6.45) is 0. The molecule has 3 heteroatoms. The normalized spacial score (nSPS) is 12.8. The molecule has 0 aromatic heterocycles. The van der Waals surface area contributed by atoms with Crippen LogP contribution in [0.15, 0.2) is 60.7 Å². The van der Waals surface area contributed by atoms with E-state index in [1.807, 2.05) is 25.1 Å². The molecule has 0 heterocycles. The van der Waals surface area contributed by atoms with Gasteiger partial charge in [-0.05, 0) is 30.5 Å². The molecule has 0 aliphatic carbocycles. The summed E-state index contributed by atoms with van der Waals surface area (Å²) >= 11 is 0. The fraction of sp³-hybridized carbons (Fsp3) is 0.235. The minimum absolute atomic E-state index is 0.234. The zero-order chi connectivity index (χ0) is 15.0. The van der Waals surface area contributed by atoms with E-state index in [0.29, 0.717) is 11.5 Å². The number of carbonyl (C=O) groups is 1. The molecule has 0 aliphatic rings. The van der Waals surface area contributed by atoms with Crippen LogP contribution in [-0.4, -0.2) is 17.1 Å². The highest BCUT2D eigenvalue weighted by atomic mass is 16.4. The fourth-order valence-corrected chi connectivity index (χ4v) is 1.64. The second kappa shape index (κ2) is 8.12. The average molecular weight is 271 g/mol. The van der Waals surface area contributed by atoms with Crippen LogP contribution in [0.4, 0.5) is 0 Å². The van der Waals surface area contributed by atoms with E-state index in [1.54, 1.807) is 30.3 Å². The minimum atomic E-state index is -0.879. The zero-order valence-corrected chi connectivity index (χ0v) is 11.9. The smallest absolute Gasteiger partial charge is 0.335 e. The Morgan fingerprint density at radius 3 is 1.75 bits per heavy atom. The van der Waals surface area contributed by atoms with Gasteiger partial charge in [-0.1, -0.05) is 55.5 Å². The number of hydrogen-bond acceptors (Lipinski definition) is 2. The highest BCUT2D eigenvalue weighted by Crippen LogP contribution is 2.16. The molecule has 2 aromatic rings. The van der Waals surface area contributed by atoms with Crippen molar-refractivity contribution in [3.63, 3.8) is 0 Å². The van der Waals surface area contributed by atoms with Crippen LogP contribution in [0.3, 0.4) is 0 Å². The van der Waals surface area contributed by atoms with Gasteiger partial charge in [0.05, 0.1) is 5.56 Å². The topological polar surface area (TPSA) is 63.3 Å². The van der Waals surface area contributed by atoms with E-state index < -0.39 is 5.97 Å². The van der Waals surface area contributed by atoms with E-state index in [-0.39, 0.29) is 6.04 Å². The Kier molecular flexibility index (Phi) is 6.47. The predicted octanol–water partition coefficient (Wildman–Crippen LogP) is 3.52. The van der Waals surface area contributed by atoms with Gasteiger partial charge in [-0.2, -0.15) is 0 Å². The summed E-state index contributed by atoms with van der Waals surface area (Å²) < 4.78 is 0. The van der Waals surface area contributed by atoms with Gasteiger partial charge in [-0.15, -0.1) is 0 Å². The molecule has 20 heavy (non-hydrogen) atoms. The quantitative estimate of drug-likeness (QED) is 0.897. The van der Waals surface area contributed by atoms with Crippen LogP contribution in [0, 0.1) is 0 Å². The van der Waals surface area contributed by atoms with Gasteiger partial charge in [-0.3, -0.25) is 0 Å². The lowest BCUT2D eigenvalue weighted by Crippen LogP contribution is -2.22. The van der Waals surface area contributed by atoms with Gasteiger partial charge >= 0.3 is 5.97 Å². The summed E-state index contributed by atoms with van der Waals surface area (Å²) in [6, 6.07) is 18.9. The number of aromatic carboxylic acids is 1. The minimum Gasteiger partial charge on any atom is -0.478 e. The number of carboxylic acid groups (broad SMARTS) is 1. The summed E-state index contributed by atoms with van der Waals surface area (Å²) in [5.41, 5.74) is 7.42. The molecule has 0 aliphatic heterocycles. The fourth-order valence-electron chi connectivity index (χ4n) is 1.64. The monoisotopic (exact) mass is 271 g/mol.